The lowest BCUT2D eigenvalue weighted by Crippen LogP contribution is -1.94. The van der Waals surface area contributed by atoms with Crippen LogP contribution in [0.3, 0.4) is 0 Å². The zero-order valence-corrected chi connectivity index (χ0v) is 11.5. The molecule has 100 valence electrons. The van der Waals surface area contributed by atoms with Gasteiger partial charge in [-0.15, -0.1) is 0 Å². The first kappa shape index (κ1) is 12.5. The predicted octanol–water partition coefficient (Wildman–Crippen LogP) is 3.19. The molecule has 0 saturated heterocycles. The van der Waals surface area contributed by atoms with Crippen LogP contribution in [0.1, 0.15) is 0 Å². The van der Waals surface area contributed by atoms with Gasteiger partial charge in [-0.3, -0.25) is 0 Å². The molecule has 0 aliphatic rings. The number of halogens is 1. The van der Waals surface area contributed by atoms with E-state index in [9.17, 15) is 10.1 Å². The summed E-state index contributed by atoms with van der Waals surface area (Å²) in [5.74, 6) is 0.769. The second kappa shape index (κ2) is 4.89. The van der Waals surface area contributed by atoms with Crippen molar-refractivity contribution in [3.63, 3.8) is 0 Å². The summed E-state index contributed by atoms with van der Waals surface area (Å²) in [6.07, 6.45) is 4.77. The maximum absolute atomic E-state index is 10.5. The van der Waals surface area contributed by atoms with Crippen LogP contribution in [0.5, 0.6) is 11.5 Å². The van der Waals surface area contributed by atoms with Gasteiger partial charge in [0.15, 0.2) is 17.7 Å². The van der Waals surface area contributed by atoms with Crippen LogP contribution in [0.4, 0.5) is 5.82 Å². The van der Waals surface area contributed by atoms with Crippen molar-refractivity contribution < 1.29 is 9.66 Å². The standard InChI is InChI=1S/C12H7BrN4O3/c13-8-5-11(10-3-4-15-16(10)7-8)20-9-1-2-12(14-6-9)17(18)19/h1-7H. The summed E-state index contributed by atoms with van der Waals surface area (Å²) >= 11 is 3.37. The molecule has 20 heavy (non-hydrogen) atoms. The zero-order valence-electron chi connectivity index (χ0n) is 9.93. The average molecular weight is 335 g/mol. The van der Waals surface area contributed by atoms with Crippen LogP contribution in [0, 0.1) is 10.1 Å². The van der Waals surface area contributed by atoms with Gasteiger partial charge < -0.3 is 14.9 Å². The van der Waals surface area contributed by atoms with Gasteiger partial charge in [0.2, 0.25) is 0 Å². The van der Waals surface area contributed by atoms with Gasteiger partial charge in [-0.2, -0.15) is 5.10 Å². The molecule has 7 nitrogen and oxygen atoms in total. The van der Waals surface area contributed by atoms with Crippen molar-refractivity contribution >= 4 is 27.3 Å². The number of fused-ring (bicyclic) bond motifs is 1. The smallest absolute Gasteiger partial charge is 0.363 e. The lowest BCUT2D eigenvalue weighted by molar-refractivity contribution is -0.389. The highest BCUT2D eigenvalue weighted by molar-refractivity contribution is 9.10. The van der Waals surface area contributed by atoms with Gasteiger partial charge in [0.25, 0.3) is 0 Å². The van der Waals surface area contributed by atoms with Crippen LogP contribution in [-0.4, -0.2) is 19.5 Å². The molecule has 0 aromatic carbocycles. The van der Waals surface area contributed by atoms with Crippen LogP contribution >= 0.6 is 15.9 Å². The molecule has 3 aromatic heterocycles. The van der Waals surface area contributed by atoms with E-state index < -0.39 is 4.92 Å². The summed E-state index contributed by atoms with van der Waals surface area (Å²) in [4.78, 5) is 13.7. The molecule has 0 amide bonds. The highest BCUT2D eigenvalue weighted by Crippen LogP contribution is 2.29. The minimum atomic E-state index is -0.557. The van der Waals surface area contributed by atoms with Crippen molar-refractivity contribution in [1.29, 1.82) is 0 Å². The molecule has 8 heteroatoms. The fourth-order valence-corrected chi connectivity index (χ4v) is 2.12. The fraction of sp³-hybridized carbons (Fsp3) is 0. The minimum absolute atomic E-state index is 0.221. The number of hydrogen-bond donors (Lipinski definition) is 0. The highest BCUT2D eigenvalue weighted by atomic mass is 79.9. The molecule has 0 atom stereocenters. The molecule has 3 rings (SSSR count). The van der Waals surface area contributed by atoms with Gasteiger partial charge in [0, 0.05) is 16.7 Å². The van der Waals surface area contributed by atoms with E-state index in [-0.39, 0.29) is 5.82 Å². The maximum atomic E-state index is 10.5. The Bertz CT molecular complexity index is 785. The van der Waals surface area contributed by atoms with Crippen LogP contribution < -0.4 is 4.74 Å². The Kier molecular flexibility index (Phi) is 3.07. The third-order valence-corrected chi connectivity index (χ3v) is 3.01. The van der Waals surface area contributed by atoms with Crippen LogP contribution in [-0.2, 0) is 0 Å². The first-order chi connectivity index (χ1) is 9.63. The van der Waals surface area contributed by atoms with Crippen LogP contribution in [0.15, 0.2) is 47.3 Å². The van der Waals surface area contributed by atoms with Crippen LogP contribution in [0.25, 0.3) is 5.52 Å². The maximum Gasteiger partial charge on any atom is 0.363 e. The van der Waals surface area contributed by atoms with Gasteiger partial charge in [-0.1, -0.05) is 0 Å². The average Bonchev–Trinajstić information content (AvgIpc) is 2.87. The molecule has 0 unspecified atom stereocenters. The Balaban J connectivity index is 1.96. The summed E-state index contributed by atoms with van der Waals surface area (Å²) in [7, 11) is 0. The van der Waals surface area contributed by atoms with Crippen molar-refractivity contribution in [3.05, 3.63) is 57.4 Å². The molecule has 0 radical (unpaired) electrons. The van der Waals surface area contributed by atoms with Gasteiger partial charge >= 0.3 is 5.82 Å². The predicted molar refractivity (Wildman–Crippen MR) is 73.9 cm³/mol. The number of nitro groups is 1. The number of hydrogen-bond acceptors (Lipinski definition) is 5. The van der Waals surface area contributed by atoms with E-state index in [0.29, 0.717) is 11.5 Å². The highest BCUT2D eigenvalue weighted by Gasteiger charge is 2.10. The lowest BCUT2D eigenvalue weighted by Gasteiger charge is -2.06. The van der Waals surface area contributed by atoms with Crippen molar-refractivity contribution in [2.24, 2.45) is 0 Å². The van der Waals surface area contributed by atoms with Gasteiger partial charge in [-0.05, 0) is 44.0 Å². The topological polar surface area (TPSA) is 82.6 Å². The first-order valence-electron chi connectivity index (χ1n) is 5.55. The zero-order chi connectivity index (χ0) is 14.1. The quantitative estimate of drug-likeness (QED) is 0.542. The molecule has 0 N–H and O–H groups in total. The summed E-state index contributed by atoms with van der Waals surface area (Å²) in [6, 6.07) is 6.39. The van der Waals surface area contributed by atoms with E-state index in [1.807, 2.05) is 0 Å². The van der Waals surface area contributed by atoms with E-state index >= 15 is 0 Å². The Morgan fingerprint density at radius 1 is 1.35 bits per heavy atom. The number of pyridine rings is 2. The van der Waals surface area contributed by atoms with E-state index in [1.54, 1.807) is 29.0 Å². The number of aromatic nitrogens is 3. The monoisotopic (exact) mass is 334 g/mol. The minimum Gasteiger partial charge on any atom is -0.451 e. The van der Waals surface area contributed by atoms with E-state index in [2.05, 4.69) is 26.0 Å². The molecule has 0 spiro atoms. The number of ether oxygens (including phenoxy) is 1. The summed E-state index contributed by atoms with van der Waals surface area (Å²) in [6.45, 7) is 0. The van der Waals surface area contributed by atoms with Gasteiger partial charge in [-0.25, -0.2) is 4.52 Å². The number of nitrogens with zero attached hydrogens (tertiary/aromatic N) is 4. The van der Waals surface area contributed by atoms with E-state index in [1.165, 1.54) is 18.3 Å². The largest absolute Gasteiger partial charge is 0.451 e. The molecular formula is C12H7BrN4O3. The molecule has 3 aromatic rings. The van der Waals surface area contributed by atoms with Gasteiger partial charge in [0.05, 0.1) is 6.20 Å². The van der Waals surface area contributed by atoms with E-state index in [4.69, 9.17) is 4.74 Å². The molecule has 0 bridgehead atoms. The fourth-order valence-electron chi connectivity index (χ4n) is 1.72. The Hall–Kier alpha value is -2.48. The van der Waals surface area contributed by atoms with Crippen molar-refractivity contribution in [2.75, 3.05) is 0 Å². The normalized spacial score (nSPS) is 10.7. The Labute approximate surface area is 121 Å². The second-order valence-electron chi connectivity index (χ2n) is 3.89. The Morgan fingerprint density at radius 2 is 2.20 bits per heavy atom. The third-order valence-electron chi connectivity index (χ3n) is 2.57. The molecule has 3 heterocycles. The third kappa shape index (κ3) is 2.32. The summed E-state index contributed by atoms with van der Waals surface area (Å²) in [5, 5.41) is 14.7. The first-order valence-corrected chi connectivity index (χ1v) is 6.34. The number of rotatable bonds is 3. The molecular weight excluding hydrogens is 328 g/mol. The summed E-state index contributed by atoms with van der Waals surface area (Å²) < 4.78 is 8.16. The van der Waals surface area contributed by atoms with E-state index in [0.717, 1.165) is 9.99 Å². The molecule has 0 saturated carbocycles. The van der Waals surface area contributed by atoms with Crippen molar-refractivity contribution in [2.45, 2.75) is 0 Å². The van der Waals surface area contributed by atoms with Gasteiger partial charge in [0.1, 0.15) is 5.52 Å². The van der Waals surface area contributed by atoms with Crippen molar-refractivity contribution in [1.82, 2.24) is 14.6 Å². The molecule has 0 fully saturated rings. The molecule has 0 aliphatic carbocycles. The van der Waals surface area contributed by atoms with Crippen LogP contribution in [0.2, 0.25) is 0 Å². The summed E-state index contributed by atoms with van der Waals surface area (Å²) in [5.41, 5.74) is 0.784. The Morgan fingerprint density at radius 3 is 2.90 bits per heavy atom. The second-order valence-corrected chi connectivity index (χ2v) is 4.81. The molecule has 0 aliphatic heterocycles. The van der Waals surface area contributed by atoms with Crippen molar-refractivity contribution in [3.8, 4) is 11.5 Å². The SMILES string of the molecule is O=[N+]([O-])c1ccc(Oc2cc(Br)cn3nccc23)cn1. The lowest BCUT2D eigenvalue weighted by atomic mass is 10.3.